The lowest BCUT2D eigenvalue weighted by molar-refractivity contribution is 0.621. The maximum absolute atomic E-state index is 2.96. The van der Waals surface area contributed by atoms with Crippen molar-refractivity contribution in [2.75, 3.05) is 0 Å². The van der Waals surface area contributed by atoms with Crippen molar-refractivity contribution in [3.63, 3.8) is 0 Å². The average molecular weight is 411 g/mol. The molecule has 0 N–H and O–H groups in total. The van der Waals surface area contributed by atoms with Crippen LogP contribution in [-0.2, 0) is 0 Å². The van der Waals surface area contributed by atoms with Gasteiger partial charge < -0.3 is 0 Å². The fraction of sp³-hybridized carbons (Fsp3) is 1.00. The lowest BCUT2D eigenvalue weighted by Gasteiger charge is -2.25. The van der Waals surface area contributed by atoms with Gasteiger partial charge in [-0.05, 0) is 18.1 Å². The molecular formula is C18H39ISi. The molecule has 0 aliphatic carbocycles. The minimum atomic E-state index is -0.919. The molecule has 0 aromatic carbocycles. The Balaban J connectivity index is 3.85. The molecule has 0 fully saturated rings. The summed E-state index contributed by atoms with van der Waals surface area (Å²) in [5.41, 5.74) is -0.919. The summed E-state index contributed by atoms with van der Waals surface area (Å²) in [7, 11) is 0. The van der Waals surface area contributed by atoms with Crippen LogP contribution >= 0.6 is 21.8 Å². The topological polar surface area (TPSA) is 0 Å². The molecule has 0 aromatic heterocycles. The molecule has 0 aliphatic heterocycles. The predicted octanol–water partition coefficient (Wildman–Crippen LogP) is 8.11. The second-order valence-electron chi connectivity index (χ2n) is 6.58. The van der Waals surface area contributed by atoms with E-state index in [1.54, 1.807) is 18.1 Å². The highest BCUT2D eigenvalue weighted by molar-refractivity contribution is 14.1. The van der Waals surface area contributed by atoms with E-state index in [0.717, 1.165) is 0 Å². The van der Waals surface area contributed by atoms with Crippen molar-refractivity contribution in [2.45, 2.75) is 116 Å². The molecule has 0 saturated carbocycles. The molecule has 122 valence electrons. The zero-order valence-corrected chi connectivity index (χ0v) is 17.6. The van der Waals surface area contributed by atoms with Gasteiger partial charge in [-0.1, -0.05) is 97.8 Å². The average Bonchev–Trinajstić information content (AvgIpc) is 2.45. The lowest BCUT2D eigenvalue weighted by Crippen LogP contribution is -2.25. The predicted molar refractivity (Wildman–Crippen MR) is 107 cm³/mol. The molecule has 20 heavy (non-hydrogen) atoms. The summed E-state index contributed by atoms with van der Waals surface area (Å²) in [5.74, 6) is 0. The monoisotopic (exact) mass is 410 g/mol. The highest BCUT2D eigenvalue weighted by atomic mass is 127. The largest absolute Gasteiger partial charge is 0.125 e. The summed E-state index contributed by atoms with van der Waals surface area (Å²) >= 11 is 2.96. The third kappa shape index (κ3) is 12.7. The van der Waals surface area contributed by atoms with E-state index in [1.807, 2.05) is 0 Å². The van der Waals surface area contributed by atoms with Gasteiger partial charge in [0, 0.05) is 0 Å². The summed E-state index contributed by atoms with van der Waals surface area (Å²) in [6.45, 7) is 6.99. The third-order valence-corrected chi connectivity index (χ3v) is 13.0. The minimum absolute atomic E-state index is 0.919. The first-order valence-corrected chi connectivity index (χ1v) is 15.1. The minimum Gasteiger partial charge on any atom is -0.119 e. The zero-order valence-electron chi connectivity index (χ0n) is 14.5. The Hall–Kier alpha value is 0.947. The molecule has 1 atom stereocenters. The van der Waals surface area contributed by atoms with Crippen molar-refractivity contribution in [3.05, 3.63) is 0 Å². The zero-order chi connectivity index (χ0) is 15.1. The maximum Gasteiger partial charge on any atom is 0.125 e. The number of rotatable bonds is 15. The molecule has 0 spiro atoms. The molecule has 0 nitrogen and oxygen atoms in total. The smallest absolute Gasteiger partial charge is 0.119 e. The SMILES string of the molecule is CCCCCCCC[Si](I)(CCCC)CCCCCC. The van der Waals surface area contributed by atoms with Crippen LogP contribution in [0.2, 0.25) is 18.1 Å². The number of hydrogen-bond acceptors (Lipinski definition) is 0. The van der Waals surface area contributed by atoms with Crippen molar-refractivity contribution in [1.29, 1.82) is 0 Å². The van der Waals surface area contributed by atoms with Gasteiger partial charge in [0.1, 0.15) is 5.57 Å². The van der Waals surface area contributed by atoms with Gasteiger partial charge in [-0.25, -0.2) is 0 Å². The van der Waals surface area contributed by atoms with E-state index in [2.05, 4.69) is 42.6 Å². The van der Waals surface area contributed by atoms with Crippen LogP contribution < -0.4 is 0 Å². The Labute approximate surface area is 143 Å². The normalized spacial score (nSPS) is 14.4. The molecule has 1 unspecified atom stereocenters. The van der Waals surface area contributed by atoms with Crippen LogP contribution in [-0.4, -0.2) is 5.57 Å². The molecule has 0 radical (unpaired) electrons. The first-order chi connectivity index (χ1) is 9.68. The number of halogens is 1. The second kappa shape index (κ2) is 14.9. The van der Waals surface area contributed by atoms with E-state index >= 15 is 0 Å². The highest BCUT2D eigenvalue weighted by Crippen LogP contribution is 2.34. The van der Waals surface area contributed by atoms with E-state index in [0.29, 0.717) is 0 Å². The second-order valence-corrected chi connectivity index (χ2v) is 17.2. The molecule has 0 rings (SSSR count). The van der Waals surface area contributed by atoms with Gasteiger partial charge >= 0.3 is 0 Å². The van der Waals surface area contributed by atoms with E-state index in [-0.39, 0.29) is 0 Å². The molecule has 0 aliphatic rings. The van der Waals surface area contributed by atoms with Crippen molar-refractivity contribution in [2.24, 2.45) is 0 Å². The van der Waals surface area contributed by atoms with Crippen LogP contribution in [0.3, 0.4) is 0 Å². The van der Waals surface area contributed by atoms with Gasteiger partial charge in [-0.2, -0.15) is 0 Å². The molecule has 0 aromatic rings. The fourth-order valence-electron chi connectivity index (χ4n) is 2.96. The molecule has 0 amide bonds. The van der Waals surface area contributed by atoms with Crippen LogP contribution in [0.1, 0.15) is 97.8 Å². The van der Waals surface area contributed by atoms with Crippen molar-refractivity contribution in [1.82, 2.24) is 0 Å². The lowest BCUT2D eigenvalue weighted by atomic mass is 10.1. The quantitative estimate of drug-likeness (QED) is 0.111. The fourth-order valence-corrected chi connectivity index (χ4v) is 9.90. The van der Waals surface area contributed by atoms with Crippen molar-refractivity contribution >= 4 is 27.4 Å². The maximum atomic E-state index is 2.96. The van der Waals surface area contributed by atoms with Crippen molar-refractivity contribution < 1.29 is 0 Å². The third-order valence-electron chi connectivity index (χ3n) is 4.44. The number of unbranched alkanes of at least 4 members (excludes halogenated alkanes) is 9. The summed E-state index contributed by atoms with van der Waals surface area (Å²) in [6, 6.07) is 4.79. The van der Waals surface area contributed by atoms with Crippen LogP contribution in [0.4, 0.5) is 0 Å². The summed E-state index contributed by atoms with van der Waals surface area (Å²) < 4.78 is 0. The van der Waals surface area contributed by atoms with E-state index in [1.165, 1.54) is 77.0 Å². The highest BCUT2D eigenvalue weighted by Gasteiger charge is 2.27. The Morgan fingerprint density at radius 3 is 1.35 bits per heavy atom. The van der Waals surface area contributed by atoms with Gasteiger partial charge in [0.05, 0.1) is 0 Å². The van der Waals surface area contributed by atoms with Crippen LogP contribution in [0.5, 0.6) is 0 Å². The van der Waals surface area contributed by atoms with Crippen LogP contribution in [0, 0.1) is 0 Å². The summed E-state index contributed by atoms with van der Waals surface area (Å²) in [6.07, 6.45) is 17.5. The Bertz CT molecular complexity index is 196. The Kier molecular flexibility index (Phi) is 15.6. The Morgan fingerprint density at radius 2 is 0.850 bits per heavy atom. The van der Waals surface area contributed by atoms with Gasteiger partial charge in [0.2, 0.25) is 0 Å². The van der Waals surface area contributed by atoms with Crippen LogP contribution in [0.15, 0.2) is 0 Å². The molecule has 2 heteroatoms. The first kappa shape index (κ1) is 20.9. The van der Waals surface area contributed by atoms with E-state index in [4.69, 9.17) is 0 Å². The van der Waals surface area contributed by atoms with Crippen LogP contribution in [0.25, 0.3) is 0 Å². The molecule has 0 saturated heterocycles. The van der Waals surface area contributed by atoms with Gasteiger partial charge in [0.15, 0.2) is 0 Å². The molecule has 0 heterocycles. The van der Waals surface area contributed by atoms with E-state index in [9.17, 15) is 0 Å². The molecule has 0 bridgehead atoms. The van der Waals surface area contributed by atoms with Gasteiger partial charge in [-0.3, -0.25) is 0 Å². The van der Waals surface area contributed by atoms with Gasteiger partial charge in [0.25, 0.3) is 0 Å². The van der Waals surface area contributed by atoms with Gasteiger partial charge in [-0.15, -0.1) is 21.8 Å². The Morgan fingerprint density at radius 1 is 0.500 bits per heavy atom. The summed E-state index contributed by atoms with van der Waals surface area (Å²) in [5, 5.41) is 0. The van der Waals surface area contributed by atoms with Crippen molar-refractivity contribution in [3.8, 4) is 0 Å². The summed E-state index contributed by atoms with van der Waals surface area (Å²) in [4.78, 5) is 0. The first-order valence-electron chi connectivity index (χ1n) is 9.37. The standard InChI is InChI=1S/C18H39ISi/c1-4-7-10-12-13-15-18-20(19,16-9-6-3)17-14-11-8-5-2/h4-18H2,1-3H3. The molecular weight excluding hydrogens is 371 g/mol. The van der Waals surface area contributed by atoms with E-state index < -0.39 is 5.57 Å². The number of hydrogen-bond donors (Lipinski definition) is 0.